The Kier molecular flexibility index (Phi) is 3.34. The van der Waals surface area contributed by atoms with Crippen LogP contribution in [0.4, 0.5) is 0 Å². The van der Waals surface area contributed by atoms with E-state index in [9.17, 15) is 0 Å². The van der Waals surface area contributed by atoms with E-state index in [0.29, 0.717) is 6.10 Å². The topological polar surface area (TPSA) is 25.4 Å². The quantitative estimate of drug-likeness (QED) is 0.746. The lowest BCUT2D eigenvalue weighted by molar-refractivity contribution is -0.0339. The van der Waals surface area contributed by atoms with Crippen LogP contribution in [0, 0.1) is 0 Å². The largest absolute Gasteiger partial charge is 0.379 e. The molecule has 0 bridgehead atoms. The van der Waals surface area contributed by atoms with E-state index >= 15 is 0 Å². The summed E-state index contributed by atoms with van der Waals surface area (Å²) in [6.45, 7) is 5.16. The molecule has 3 heteroatoms. The van der Waals surface area contributed by atoms with Crippen LogP contribution in [-0.2, 0) is 17.7 Å². The lowest BCUT2D eigenvalue weighted by Gasteiger charge is -2.37. The summed E-state index contributed by atoms with van der Waals surface area (Å²) in [6.07, 6.45) is 1.44. The number of hydrogen-bond acceptors (Lipinski definition) is 3. The van der Waals surface area contributed by atoms with Gasteiger partial charge in [0, 0.05) is 32.4 Å². The van der Waals surface area contributed by atoms with Crippen molar-refractivity contribution in [3.63, 3.8) is 0 Å². The van der Waals surface area contributed by atoms with Crippen LogP contribution in [0.15, 0.2) is 18.2 Å². The van der Waals surface area contributed by atoms with Gasteiger partial charge in [-0.05, 0) is 18.6 Å². The van der Waals surface area contributed by atoms with E-state index in [2.05, 4.69) is 35.0 Å². The van der Waals surface area contributed by atoms with Crippen molar-refractivity contribution < 1.29 is 4.74 Å². The maximum Gasteiger partial charge on any atom is 0.0825 e. The van der Waals surface area contributed by atoms with Gasteiger partial charge in [0.2, 0.25) is 0 Å². The fourth-order valence-corrected chi connectivity index (χ4v) is 1.84. The Morgan fingerprint density at radius 2 is 2.13 bits per heavy atom. The van der Waals surface area contributed by atoms with E-state index < -0.39 is 0 Å². The van der Waals surface area contributed by atoms with Crippen LogP contribution in [0.5, 0.6) is 0 Å². The molecule has 0 spiro atoms. The summed E-state index contributed by atoms with van der Waals surface area (Å²) in [6, 6.07) is 6.27. The molecular formula is C12H18N2O. The van der Waals surface area contributed by atoms with Crippen molar-refractivity contribution >= 4 is 0 Å². The number of aromatic nitrogens is 1. The number of aryl methyl sites for hydroxylation is 1. The molecule has 82 valence electrons. The Morgan fingerprint density at radius 1 is 1.40 bits per heavy atom. The second-order valence-electron chi connectivity index (χ2n) is 4.03. The van der Waals surface area contributed by atoms with Crippen LogP contribution in [0.3, 0.4) is 0 Å². The number of hydrogen-bond donors (Lipinski definition) is 0. The van der Waals surface area contributed by atoms with Gasteiger partial charge in [-0.2, -0.15) is 0 Å². The molecule has 0 aliphatic carbocycles. The van der Waals surface area contributed by atoms with Crippen LogP contribution in [0.1, 0.15) is 18.3 Å². The van der Waals surface area contributed by atoms with Crippen LogP contribution in [-0.4, -0.2) is 36.2 Å². The Morgan fingerprint density at radius 3 is 2.80 bits per heavy atom. The molecule has 1 aliphatic rings. The van der Waals surface area contributed by atoms with Gasteiger partial charge in [0.05, 0.1) is 11.8 Å². The zero-order valence-corrected chi connectivity index (χ0v) is 9.44. The van der Waals surface area contributed by atoms with Gasteiger partial charge < -0.3 is 4.74 Å². The van der Waals surface area contributed by atoms with Gasteiger partial charge in [-0.15, -0.1) is 0 Å². The van der Waals surface area contributed by atoms with Crippen LogP contribution >= 0.6 is 0 Å². The minimum atomic E-state index is 0.430. The van der Waals surface area contributed by atoms with Gasteiger partial charge in [-0.25, -0.2) is 0 Å². The molecule has 1 aromatic rings. The average Bonchev–Trinajstić information content (AvgIpc) is 2.23. The first-order valence-corrected chi connectivity index (χ1v) is 5.51. The molecule has 0 aromatic carbocycles. The molecule has 0 atom stereocenters. The average molecular weight is 206 g/mol. The predicted octanol–water partition coefficient (Wildman–Crippen LogP) is 1.47. The van der Waals surface area contributed by atoms with Gasteiger partial charge in [0.25, 0.3) is 0 Å². The molecule has 1 aromatic heterocycles. The number of ether oxygens (including phenoxy) is 1. The first-order valence-electron chi connectivity index (χ1n) is 5.51. The van der Waals surface area contributed by atoms with Crippen molar-refractivity contribution in [2.75, 3.05) is 20.2 Å². The molecule has 1 saturated heterocycles. The standard InChI is InChI=1S/C12H18N2O/c1-3-10-5-4-6-11(13-10)7-14-8-12(9-14)15-2/h4-6,12H,3,7-9H2,1-2H3. The summed E-state index contributed by atoms with van der Waals surface area (Å²) in [7, 11) is 1.78. The zero-order valence-electron chi connectivity index (χ0n) is 9.44. The molecule has 0 N–H and O–H groups in total. The van der Waals surface area contributed by atoms with E-state index in [1.807, 2.05) is 0 Å². The molecule has 0 unspecified atom stereocenters. The fraction of sp³-hybridized carbons (Fsp3) is 0.583. The lowest BCUT2D eigenvalue weighted by Crippen LogP contribution is -2.51. The molecule has 2 rings (SSSR count). The monoisotopic (exact) mass is 206 g/mol. The maximum atomic E-state index is 5.24. The lowest BCUT2D eigenvalue weighted by atomic mass is 10.1. The molecule has 0 amide bonds. The smallest absolute Gasteiger partial charge is 0.0825 e. The Labute approximate surface area is 91.1 Å². The van der Waals surface area contributed by atoms with Crippen LogP contribution in [0.2, 0.25) is 0 Å². The highest BCUT2D eigenvalue weighted by Gasteiger charge is 2.26. The molecule has 2 heterocycles. The maximum absolute atomic E-state index is 5.24. The number of methoxy groups -OCH3 is 1. The Balaban J connectivity index is 1.88. The third-order valence-corrected chi connectivity index (χ3v) is 2.87. The molecule has 3 nitrogen and oxygen atoms in total. The number of pyridine rings is 1. The summed E-state index contributed by atoms with van der Waals surface area (Å²) in [4.78, 5) is 6.94. The SMILES string of the molecule is CCc1cccc(CN2CC(OC)C2)n1. The van der Waals surface area contributed by atoms with Gasteiger partial charge in [0.15, 0.2) is 0 Å². The summed E-state index contributed by atoms with van der Waals surface area (Å²) in [5, 5.41) is 0. The molecule has 0 radical (unpaired) electrons. The predicted molar refractivity (Wildman–Crippen MR) is 59.7 cm³/mol. The Bertz CT molecular complexity index is 321. The minimum absolute atomic E-state index is 0.430. The van der Waals surface area contributed by atoms with E-state index in [1.165, 1.54) is 11.4 Å². The number of nitrogens with zero attached hydrogens (tertiary/aromatic N) is 2. The molecule has 1 fully saturated rings. The van der Waals surface area contributed by atoms with Gasteiger partial charge in [-0.1, -0.05) is 13.0 Å². The van der Waals surface area contributed by atoms with E-state index in [-0.39, 0.29) is 0 Å². The fourth-order valence-electron chi connectivity index (χ4n) is 1.84. The third kappa shape index (κ3) is 2.55. The Hall–Kier alpha value is -0.930. The highest BCUT2D eigenvalue weighted by atomic mass is 16.5. The highest BCUT2D eigenvalue weighted by molar-refractivity contribution is 5.11. The van der Waals surface area contributed by atoms with Crippen molar-refractivity contribution in [2.45, 2.75) is 26.0 Å². The first kappa shape index (κ1) is 10.6. The molecule has 15 heavy (non-hydrogen) atoms. The van der Waals surface area contributed by atoms with Gasteiger partial charge in [-0.3, -0.25) is 9.88 Å². The minimum Gasteiger partial charge on any atom is -0.379 e. The van der Waals surface area contributed by atoms with Crippen molar-refractivity contribution in [1.82, 2.24) is 9.88 Å². The van der Waals surface area contributed by atoms with Gasteiger partial charge in [0.1, 0.15) is 0 Å². The summed E-state index contributed by atoms with van der Waals surface area (Å²) in [5.74, 6) is 0. The van der Waals surface area contributed by atoms with E-state index in [4.69, 9.17) is 4.74 Å². The van der Waals surface area contributed by atoms with Crippen LogP contribution < -0.4 is 0 Å². The normalized spacial score (nSPS) is 17.7. The molecular weight excluding hydrogens is 188 g/mol. The number of rotatable bonds is 4. The van der Waals surface area contributed by atoms with Crippen molar-refractivity contribution in [3.8, 4) is 0 Å². The van der Waals surface area contributed by atoms with Gasteiger partial charge >= 0.3 is 0 Å². The van der Waals surface area contributed by atoms with Crippen molar-refractivity contribution in [3.05, 3.63) is 29.6 Å². The second kappa shape index (κ2) is 4.73. The molecule has 0 saturated carbocycles. The zero-order chi connectivity index (χ0) is 10.7. The van der Waals surface area contributed by atoms with Crippen molar-refractivity contribution in [2.24, 2.45) is 0 Å². The summed E-state index contributed by atoms with van der Waals surface area (Å²) >= 11 is 0. The highest BCUT2D eigenvalue weighted by Crippen LogP contribution is 2.14. The first-order chi connectivity index (χ1) is 7.31. The van der Waals surface area contributed by atoms with E-state index in [1.54, 1.807) is 7.11 Å². The van der Waals surface area contributed by atoms with E-state index in [0.717, 1.165) is 26.1 Å². The van der Waals surface area contributed by atoms with Crippen molar-refractivity contribution in [1.29, 1.82) is 0 Å². The third-order valence-electron chi connectivity index (χ3n) is 2.87. The second-order valence-corrected chi connectivity index (χ2v) is 4.03. The summed E-state index contributed by atoms with van der Waals surface area (Å²) in [5.41, 5.74) is 2.35. The number of likely N-dealkylation sites (tertiary alicyclic amines) is 1. The van der Waals surface area contributed by atoms with Crippen LogP contribution in [0.25, 0.3) is 0 Å². The summed E-state index contributed by atoms with van der Waals surface area (Å²) < 4.78 is 5.24. The molecule has 1 aliphatic heterocycles.